The van der Waals surface area contributed by atoms with E-state index >= 15 is 0 Å². The van der Waals surface area contributed by atoms with E-state index < -0.39 is 0 Å². The van der Waals surface area contributed by atoms with E-state index in [4.69, 9.17) is 5.73 Å². The van der Waals surface area contributed by atoms with Crippen molar-refractivity contribution in [1.82, 2.24) is 4.90 Å². The molecule has 0 radical (unpaired) electrons. The number of hydrogen-bond acceptors (Lipinski definition) is 3. The normalized spacial score (nSPS) is 21.5. The van der Waals surface area contributed by atoms with E-state index in [1.165, 1.54) is 11.8 Å². The summed E-state index contributed by atoms with van der Waals surface area (Å²) in [7, 11) is 2.05. The molecule has 1 aromatic rings. The first-order chi connectivity index (χ1) is 8.63. The average molecular weight is 333 g/mol. The van der Waals surface area contributed by atoms with Crippen LogP contribution in [0, 0.1) is 5.82 Å². The Morgan fingerprint density at radius 1 is 1.61 bits per heavy atom. The van der Waals surface area contributed by atoms with E-state index in [-0.39, 0.29) is 11.9 Å². The van der Waals surface area contributed by atoms with Gasteiger partial charge in [0.1, 0.15) is 5.82 Å². The molecule has 5 heteroatoms. The molecule has 0 amide bonds. The monoisotopic (exact) mass is 332 g/mol. The number of hydrogen-bond donors (Lipinski definition) is 1. The van der Waals surface area contributed by atoms with Crippen molar-refractivity contribution in [3.05, 3.63) is 34.1 Å². The van der Waals surface area contributed by atoms with Crippen LogP contribution in [0.25, 0.3) is 0 Å². The molecule has 1 aromatic carbocycles. The predicted octanol–water partition coefficient (Wildman–Crippen LogP) is 3.03. The quantitative estimate of drug-likeness (QED) is 0.918. The largest absolute Gasteiger partial charge is 0.329 e. The van der Waals surface area contributed by atoms with Crippen LogP contribution < -0.4 is 5.73 Å². The zero-order valence-electron chi connectivity index (χ0n) is 10.4. The van der Waals surface area contributed by atoms with Gasteiger partial charge in [0.25, 0.3) is 0 Å². The van der Waals surface area contributed by atoms with Gasteiger partial charge >= 0.3 is 0 Å². The van der Waals surface area contributed by atoms with Crippen molar-refractivity contribution in [2.24, 2.45) is 5.73 Å². The molecule has 0 saturated carbocycles. The Balaban J connectivity index is 2.23. The van der Waals surface area contributed by atoms with E-state index in [1.54, 1.807) is 6.07 Å². The third-order valence-corrected chi connectivity index (χ3v) is 5.15. The zero-order valence-corrected chi connectivity index (χ0v) is 12.8. The van der Waals surface area contributed by atoms with Crippen molar-refractivity contribution in [2.75, 3.05) is 25.1 Å². The number of nitrogens with two attached hydrogens (primary N) is 1. The van der Waals surface area contributed by atoms with Crippen LogP contribution in [-0.4, -0.2) is 36.0 Å². The van der Waals surface area contributed by atoms with Crippen LogP contribution in [0.1, 0.15) is 18.0 Å². The Morgan fingerprint density at radius 2 is 2.39 bits per heavy atom. The summed E-state index contributed by atoms with van der Waals surface area (Å²) in [4.78, 5) is 2.23. The Morgan fingerprint density at radius 3 is 3.00 bits per heavy atom. The second-order valence-corrected chi connectivity index (χ2v) is 6.67. The third-order valence-electron chi connectivity index (χ3n) is 3.51. The highest BCUT2D eigenvalue weighted by Crippen LogP contribution is 2.30. The van der Waals surface area contributed by atoms with E-state index in [0.717, 1.165) is 16.6 Å². The number of benzene rings is 1. The average Bonchev–Trinajstić information content (AvgIpc) is 2.88. The molecule has 100 valence electrons. The lowest BCUT2D eigenvalue weighted by molar-refractivity contribution is 0.189. The second kappa shape index (κ2) is 6.37. The minimum Gasteiger partial charge on any atom is -0.329 e. The highest BCUT2D eigenvalue weighted by Gasteiger charge is 2.27. The van der Waals surface area contributed by atoms with Crippen molar-refractivity contribution in [1.29, 1.82) is 0 Å². The maximum absolute atomic E-state index is 13.9. The molecule has 2 unspecified atom stereocenters. The first-order valence-corrected chi connectivity index (χ1v) is 8.03. The van der Waals surface area contributed by atoms with Gasteiger partial charge < -0.3 is 5.73 Å². The smallest absolute Gasteiger partial charge is 0.128 e. The molecule has 2 N–H and O–H groups in total. The second-order valence-electron chi connectivity index (χ2n) is 4.60. The molecule has 2 atom stereocenters. The fourth-order valence-electron chi connectivity index (χ4n) is 2.38. The van der Waals surface area contributed by atoms with Gasteiger partial charge in [-0.3, -0.25) is 4.90 Å². The molecule has 0 bridgehead atoms. The summed E-state index contributed by atoms with van der Waals surface area (Å²) in [5.74, 6) is 2.13. The lowest BCUT2D eigenvalue weighted by Gasteiger charge is -2.32. The summed E-state index contributed by atoms with van der Waals surface area (Å²) >= 11 is 5.35. The summed E-state index contributed by atoms with van der Waals surface area (Å²) in [5.41, 5.74) is 6.55. The number of rotatable bonds is 4. The van der Waals surface area contributed by atoms with Crippen molar-refractivity contribution in [3.63, 3.8) is 0 Å². The Bertz CT molecular complexity index is 410. The van der Waals surface area contributed by atoms with Gasteiger partial charge in [-0.05, 0) is 37.4 Å². The van der Waals surface area contributed by atoms with E-state index in [0.29, 0.717) is 18.2 Å². The minimum atomic E-state index is -0.175. The molecular weight excluding hydrogens is 315 g/mol. The summed E-state index contributed by atoms with van der Waals surface area (Å²) in [5, 5.41) is 0. The fraction of sp³-hybridized carbons (Fsp3) is 0.538. The third kappa shape index (κ3) is 3.07. The van der Waals surface area contributed by atoms with E-state index in [9.17, 15) is 4.39 Å². The lowest BCUT2D eigenvalue weighted by atomic mass is 10.0. The van der Waals surface area contributed by atoms with Gasteiger partial charge in [0.05, 0.1) is 0 Å². The van der Waals surface area contributed by atoms with Gasteiger partial charge in [-0.25, -0.2) is 4.39 Å². The molecule has 0 aromatic heterocycles. The van der Waals surface area contributed by atoms with Crippen LogP contribution in [0.3, 0.4) is 0 Å². The predicted molar refractivity (Wildman–Crippen MR) is 79.4 cm³/mol. The summed E-state index contributed by atoms with van der Waals surface area (Å²) in [6.07, 6.45) is 1.16. The van der Waals surface area contributed by atoms with Gasteiger partial charge in [-0.1, -0.05) is 15.9 Å². The van der Waals surface area contributed by atoms with Crippen LogP contribution in [0.4, 0.5) is 4.39 Å². The van der Waals surface area contributed by atoms with Gasteiger partial charge in [0, 0.05) is 34.4 Å². The molecule has 2 nitrogen and oxygen atoms in total. The highest BCUT2D eigenvalue weighted by molar-refractivity contribution is 9.10. The molecule has 1 saturated heterocycles. The van der Waals surface area contributed by atoms with Crippen LogP contribution in [0.5, 0.6) is 0 Å². The SMILES string of the molecule is CN(C1CCSC1)C(CN)c1cc(Br)ccc1F. The van der Waals surface area contributed by atoms with Crippen LogP contribution >= 0.6 is 27.7 Å². The van der Waals surface area contributed by atoms with Gasteiger partial charge in [0.2, 0.25) is 0 Å². The maximum Gasteiger partial charge on any atom is 0.128 e. The van der Waals surface area contributed by atoms with Crippen LogP contribution in [-0.2, 0) is 0 Å². The summed E-state index contributed by atoms with van der Waals surface area (Å²) < 4.78 is 14.8. The van der Waals surface area contributed by atoms with E-state index in [1.807, 2.05) is 17.8 Å². The highest BCUT2D eigenvalue weighted by atomic mass is 79.9. The minimum absolute atomic E-state index is 0.0498. The molecule has 1 aliphatic rings. The Hall–Kier alpha value is -0.100. The zero-order chi connectivity index (χ0) is 13.1. The molecule has 1 fully saturated rings. The van der Waals surface area contributed by atoms with Gasteiger partial charge in [-0.15, -0.1) is 0 Å². The summed E-state index contributed by atoms with van der Waals surface area (Å²) in [6.45, 7) is 0.436. The van der Waals surface area contributed by atoms with Crippen molar-refractivity contribution in [3.8, 4) is 0 Å². The molecule has 18 heavy (non-hydrogen) atoms. The topological polar surface area (TPSA) is 29.3 Å². The molecule has 0 aliphatic carbocycles. The Labute approximate surface area is 120 Å². The molecule has 1 heterocycles. The van der Waals surface area contributed by atoms with Crippen LogP contribution in [0.2, 0.25) is 0 Å². The molecule has 2 rings (SSSR count). The lowest BCUT2D eigenvalue weighted by Crippen LogP contribution is -2.39. The van der Waals surface area contributed by atoms with Crippen molar-refractivity contribution >= 4 is 27.7 Å². The molecule has 1 aliphatic heterocycles. The fourth-order valence-corrected chi connectivity index (χ4v) is 4.04. The summed E-state index contributed by atoms with van der Waals surface area (Å²) in [6, 6.07) is 5.51. The number of likely N-dealkylation sites (N-methyl/N-ethyl adjacent to an activating group) is 1. The Kier molecular flexibility index (Phi) is 5.06. The maximum atomic E-state index is 13.9. The van der Waals surface area contributed by atoms with Crippen molar-refractivity contribution in [2.45, 2.75) is 18.5 Å². The first-order valence-electron chi connectivity index (χ1n) is 6.08. The number of nitrogens with zero attached hydrogens (tertiary/aromatic N) is 1. The number of thioether (sulfide) groups is 1. The first kappa shape index (κ1) is 14.3. The van der Waals surface area contributed by atoms with Gasteiger partial charge in [-0.2, -0.15) is 11.8 Å². The van der Waals surface area contributed by atoms with Crippen LogP contribution in [0.15, 0.2) is 22.7 Å². The van der Waals surface area contributed by atoms with Gasteiger partial charge in [0.15, 0.2) is 0 Å². The molecular formula is C13H18BrFN2S. The number of halogens is 2. The van der Waals surface area contributed by atoms with Crippen molar-refractivity contribution < 1.29 is 4.39 Å². The standard InChI is InChI=1S/C13H18BrFN2S/c1-17(10-4-5-18-8-10)13(7-16)11-6-9(14)2-3-12(11)15/h2-3,6,10,13H,4-5,7-8,16H2,1H3. The van der Waals surface area contributed by atoms with E-state index in [2.05, 4.69) is 27.9 Å². The molecule has 0 spiro atoms.